The molecule has 1 aromatic carbocycles. The van der Waals surface area contributed by atoms with Gasteiger partial charge in [0.15, 0.2) is 0 Å². The van der Waals surface area contributed by atoms with E-state index in [2.05, 4.69) is 15.9 Å². The first-order valence-electron chi connectivity index (χ1n) is 4.85. The summed E-state index contributed by atoms with van der Waals surface area (Å²) in [5.41, 5.74) is 7.07. The Hall–Kier alpha value is -1.26. The van der Waals surface area contributed by atoms with Gasteiger partial charge in [0.05, 0.1) is 23.9 Å². The summed E-state index contributed by atoms with van der Waals surface area (Å²) in [5.74, 6) is 1.54. The van der Waals surface area contributed by atoms with E-state index in [4.69, 9.17) is 14.9 Å². The van der Waals surface area contributed by atoms with Gasteiger partial charge in [0, 0.05) is 0 Å². The molecule has 2 rings (SSSR count). The van der Waals surface area contributed by atoms with Crippen molar-refractivity contribution in [3.05, 3.63) is 52.4 Å². The number of rotatable bonds is 3. The molecule has 0 bridgehead atoms. The second kappa shape index (κ2) is 4.72. The Morgan fingerprint density at radius 1 is 1.25 bits per heavy atom. The predicted molar refractivity (Wildman–Crippen MR) is 65.4 cm³/mol. The van der Waals surface area contributed by atoms with Crippen LogP contribution in [0.1, 0.15) is 17.4 Å². The summed E-state index contributed by atoms with van der Waals surface area (Å²) >= 11 is 3.39. The highest BCUT2D eigenvalue weighted by molar-refractivity contribution is 9.10. The molecule has 3 nitrogen and oxygen atoms in total. The molecule has 0 aliphatic carbocycles. The second-order valence-electron chi connectivity index (χ2n) is 3.38. The molecule has 0 amide bonds. The maximum atomic E-state index is 6.09. The zero-order valence-corrected chi connectivity index (χ0v) is 10.4. The van der Waals surface area contributed by atoms with Crippen LogP contribution in [0.2, 0.25) is 0 Å². The Morgan fingerprint density at radius 2 is 1.94 bits per heavy atom. The van der Waals surface area contributed by atoms with Gasteiger partial charge < -0.3 is 14.9 Å². The van der Waals surface area contributed by atoms with Crippen LogP contribution in [0.25, 0.3) is 0 Å². The van der Waals surface area contributed by atoms with Crippen LogP contribution in [-0.2, 0) is 0 Å². The topological polar surface area (TPSA) is 48.4 Å². The van der Waals surface area contributed by atoms with Crippen molar-refractivity contribution in [2.24, 2.45) is 5.73 Å². The molecule has 0 spiro atoms. The molecule has 0 aliphatic rings. The predicted octanol–water partition coefficient (Wildman–Crippen LogP) is 3.10. The lowest BCUT2D eigenvalue weighted by Gasteiger charge is -2.10. The molecule has 0 saturated heterocycles. The lowest BCUT2D eigenvalue weighted by atomic mass is 10.1. The molecule has 1 aromatic heterocycles. The molecule has 4 heteroatoms. The van der Waals surface area contributed by atoms with E-state index in [1.54, 1.807) is 13.4 Å². The number of halogens is 1. The fourth-order valence-electron chi connectivity index (χ4n) is 1.49. The van der Waals surface area contributed by atoms with Crippen molar-refractivity contribution in [2.45, 2.75) is 6.04 Å². The van der Waals surface area contributed by atoms with E-state index in [0.29, 0.717) is 0 Å². The van der Waals surface area contributed by atoms with E-state index in [1.165, 1.54) is 0 Å². The number of hydrogen-bond acceptors (Lipinski definition) is 3. The molecule has 0 saturated carbocycles. The molecule has 0 radical (unpaired) electrons. The normalized spacial score (nSPS) is 12.4. The van der Waals surface area contributed by atoms with Crippen LogP contribution in [0.15, 0.2) is 45.5 Å². The number of furan rings is 1. The molecule has 1 heterocycles. The quantitative estimate of drug-likeness (QED) is 0.941. The average molecular weight is 282 g/mol. The van der Waals surface area contributed by atoms with Crippen molar-refractivity contribution in [3.63, 3.8) is 0 Å². The number of ether oxygens (including phenoxy) is 1. The van der Waals surface area contributed by atoms with Crippen LogP contribution in [-0.4, -0.2) is 7.11 Å². The monoisotopic (exact) mass is 281 g/mol. The van der Waals surface area contributed by atoms with Crippen molar-refractivity contribution in [1.82, 2.24) is 0 Å². The Kier molecular flexibility index (Phi) is 3.31. The van der Waals surface area contributed by atoms with Crippen molar-refractivity contribution >= 4 is 15.9 Å². The van der Waals surface area contributed by atoms with Gasteiger partial charge in [-0.1, -0.05) is 12.1 Å². The first-order valence-corrected chi connectivity index (χ1v) is 5.64. The second-order valence-corrected chi connectivity index (χ2v) is 4.24. The molecule has 1 atom stereocenters. The van der Waals surface area contributed by atoms with E-state index in [0.717, 1.165) is 21.5 Å². The minimum absolute atomic E-state index is 0.268. The highest BCUT2D eigenvalue weighted by atomic mass is 79.9. The Bertz CT molecular complexity index is 464. The molecule has 84 valence electrons. The first-order chi connectivity index (χ1) is 7.72. The van der Waals surface area contributed by atoms with Crippen molar-refractivity contribution in [3.8, 4) is 5.75 Å². The summed E-state index contributed by atoms with van der Waals surface area (Å²) in [6, 6.07) is 9.18. The van der Waals surface area contributed by atoms with E-state index in [9.17, 15) is 0 Å². The van der Waals surface area contributed by atoms with Gasteiger partial charge in [-0.3, -0.25) is 0 Å². The number of hydrogen-bond donors (Lipinski definition) is 1. The summed E-state index contributed by atoms with van der Waals surface area (Å²) in [5, 5.41) is 0. The van der Waals surface area contributed by atoms with Gasteiger partial charge in [-0.05, 0) is 39.7 Å². The summed E-state index contributed by atoms with van der Waals surface area (Å²) in [6.07, 6.45) is 1.61. The fraction of sp³-hybridized carbons (Fsp3) is 0.167. The third-order valence-corrected chi connectivity index (χ3v) is 3.06. The van der Waals surface area contributed by atoms with E-state index in [1.807, 2.05) is 30.3 Å². The molecule has 2 aromatic rings. The third kappa shape index (κ3) is 2.13. The number of methoxy groups -OCH3 is 1. The van der Waals surface area contributed by atoms with E-state index in [-0.39, 0.29) is 6.04 Å². The molecule has 1 unspecified atom stereocenters. The van der Waals surface area contributed by atoms with Crippen LogP contribution in [0.5, 0.6) is 5.75 Å². The lowest BCUT2D eigenvalue weighted by Crippen LogP contribution is -2.11. The van der Waals surface area contributed by atoms with Gasteiger partial charge in [0.1, 0.15) is 11.5 Å². The minimum atomic E-state index is -0.268. The van der Waals surface area contributed by atoms with Gasteiger partial charge in [-0.25, -0.2) is 0 Å². The molecule has 0 aliphatic heterocycles. The number of benzene rings is 1. The maximum absolute atomic E-state index is 6.09. The van der Waals surface area contributed by atoms with Crippen LogP contribution in [0.3, 0.4) is 0 Å². The molecular weight excluding hydrogens is 270 g/mol. The van der Waals surface area contributed by atoms with Gasteiger partial charge in [0.2, 0.25) is 0 Å². The van der Waals surface area contributed by atoms with Crippen molar-refractivity contribution in [1.29, 1.82) is 0 Å². The van der Waals surface area contributed by atoms with Gasteiger partial charge in [0.25, 0.3) is 0 Å². The highest BCUT2D eigenvalue weighted by Gasteiger charge is 2.15. The zero-order valence-electron chi connectivity index (χ0n) is 8.81. The Morgan fingerprint density at radius 3 is 2.44 bits per heavy atom. The largest absolute Gasteiger partial charge is 0.497 e. The first kappa shape index (κ1) is 11.2. The van der Waals surface area contributed by atoms with E-state index >= 15 is 0 Å². The summed E-state index contributed by atoms with van der Waals surface area (Å²) in [6.45, 7) is 0. The highest BCUT2D eigenvalue weighted by Crippen LogP contribution is 2.28. The molecule has 0 fully saturated rings. The maximum Gasteiger partial charge on any atom is 0.139 e. The Balaban J connectivity index is 2.27. The molecule has 2 N–H and O–H groups in total. The van der Waals surface area contributed by atoms with Crippen LogP contribution < -0.4 is 10.5 Å². The molecular formula is C12H12BrNO2. The van der Waals surface area contributed by atoms with Crippen molar-refractivity contribution in [2.75, 3.05) is 7.11 Å². The van der Waals surface area contributed by atoms with Crippen LogP contribution in [0.4, 0.5) is 0 Å². The Labute approximate surface area is 102 Å². The van der Waals surface area contributed by atoms with Gasteiger partial charge in [-0.15, -0.1) is 0 Å². The van der Waals surface area contributed by atoms with Gasteiger partial charge >= 0.3 is 0 Å². The summed E-state index contributed by atoms with van der Waals surface area (Å²) < 4.78 is 11.3. The SMILES string of the molecule is COc1ccc(C(N)c2occc2Br)cc1. The van der Waals surface area contributed by atoms with Crippen molar-refractivity contribution < 1.29 is 9.15 Å². The summed E-state index contributed by atoms with van der Waals surface area (Å²) in [7, 11) is 1.64. The average Bonchev–Trinajstić information content (AvgIpc) is 2.75. The lowest BCUT2D eigenvalue weighted by molar-refractivity contribution is 0.414. The van der Waals surface area contributed by atoms with Crippen LogP contribution in [0, 0.1) is 0 Å². The van der Waals surface area contributed by atoms with Gasteiger partial charge in [-0.2, -0.15) is 0 Å². The molecule has 16 heavy (non-hydrogen) atoms. The van der Waals surface area contributed by atoms with Crippen LogP contribution >= 0.6 is 15.9 Å². The number of nitrogens with two attached hydrogens (primary N) is 1. The summed E-state index contributed by atoms with van der Waals surface area (Å²) in [4.78, 5) is 0. The minimum Gasteiger partial charge on any atom is -0.497 e. The zero-order chi connectivity index (χ0) is 11.5. The standard InChI is InChI=1S/C12H12BrNO2/c1-15-9-4-2-8(3-5-9)11(14)12-10(13)6-7-16-12/h2-7,11H,14H2,1H3. The smallest absolute Gasteiger partial charge is 0.139 e. The third-order valence-electron chi connectivity index (χ3n) is 2.40. The van der Waals surface area contributed by atoms with E-state index < -0.39 is 0 Å². The fourth-order valence-corrected chi connectivity index (χ4v) is 1.94.